The second-order valence-corrected chi connectivity index (χ2v) is 5.33. The molecule has 0 unspecified atom stereocenters. The summed E-state index contributed by atoms with van der Waals surface area (Å²) in [6, 6.07) is 6.33. The molecular formula is C16H24N2O. The van der Waals surface area contributed by atoms with E-state index in [0.717, 1.165) is 50.9 Å². The molecule has 0 spiro atoms. The number of hydrogen-bond donors (Lipinski definition) is 1. The zero-order chi connectivity index (χ0) is 13.7. The number of carbonyl (C=O) groups is 1. The van der Waals surface area contributed by atoms with Crippen molar-refractivity contribution in [2.75, 3.05) is 18.0 Å². The third-order valence-electron chi connectivity index (χ3n) is 3.81. The van der Waals surface area contributed by atoms with Gasteiger partial charge in [-0.05, 0) is 50.3 Å². The molecule has 0 aromatic heterocycles. The van der Waals surface area contributed by atoms with Gasteiger partial charge in [-0.1, -0.05) is 24.6 Å². The molecule has 1 aromatic carbocycles. The topological polar surface area (TPSA) is 46.3 Å². The van der Waals surface area contributed by atoms with E-state index in [-0.39, 0.29) is 5.91 Å². The summed E-state index contributed by atoms with van der Waals surface area (Å²) >= 11 is 0. The summed E-state index contributed by atoms with van der Waals surface area (Å²) in [6.07, 6.45) is 5.83. The number of anilines is 1. The van der Waals surface area contributed by atoms with Crippen LogP contribution in [0.5, 0.6) is 0 Å². The Bertz CT molecular complexity index is 442. The van der Waals surface area contributed by atoms with Gasteiger partial charge in [0, 0.05) is 18.7 Å². The number of amides is 1. The van der Waals surface area contributed by atoms with E-state index in [0.29, 0.717) is 6.42 Å². The van der Waals surface area contributed by atoms with Gasteiger partial charge < -0.3 is 10.6 Å². The smallest absolute Gasteiger partial charge is 0.226 e. The number of hydrogen-bond acceptors (Lipinski definition) is 2. The number of benzene rings is 1. The Hall–Kier alpha value is -1.35. The van der Waals surface area contributed by atoms with Crippen LogP contribution in [0.15, 0.2) is 18.2 Å². The van der Waals surface area contributed by atoms with E-state index in [1.54, 1.807) is 0 Å². The van der Waals surface area contributed by atoms with E-state index < -0.39 is 0 Å². The molecule has 1 aliphatic heterocycles. The van der Waals surface area contributed by atoms with Crippen LogP contribution in [0, 0.1) is 6.92 Å². The summed E-state index contributed by atoms with van der Waals surface area (Å²) < 4.78 is 0. The molecule has 0 saturated carbocycles. The number of fused-ring (bicyclic) bond motifs is 1. The summed E-state index contributed by atoms with van der Waals surface area (Å²) in [7, 11) is 0. The molecule has 2 N–H and O–H groups in total. The average molecular weight is 260 g/mol. The Kier molecular flexibility index (Phi) is 4.97. The maximum absolute atomic E-state index is 12.4. The summed E-state index contributed by atoms with van der Waals surface area (Å²) in [6.45, 7) is 3.69. The van der Waals surface area contributed by atoms with Crippen molar-refractivity contribution in [3.8, 4) is 0 Å². The molecule has 0 radical (unpaired) electrons. The molecule has 0 saturated heterocycles. The summed E-state index contributed by atoms with van der Waals surface area (Å²) in [4.78, 5) is 14.4. The van der Waals surface area contributed by atoms with Crippen LogP contribution >= 0.6 is 0 Å². The lowest BCUT2D eigenvalue weighted by Gasteiger charge is -2.31. The van der Waals surface area contributed by atoms with E-state index in [1.807, 2.05) is 4.90 Å². The van der Waals surface area contributed by atoms with E-state index in [1.165, 1.54) is 11.1 Å². The van der Waals surface area contributed by atoms with Gasteiger partial charge in [0.1, 0.15) is 0 Å². The molecule has 1 aromatic rings. The molecule has 3 nitrogen and oxygen atoms in total. The normalized spacial score (nSPS) is 14.3. The summed E-state index contributed by atoms with van der Waals surface area (Å²) in [5.74, 6) is 0.271. The van der Waals surface area contributed by atoms with E-state index in [2.05, 4.69) is 25.1 Å². The van der Waals surface area contributed by atoms with Crippen molar-refractivity contribution in [1.82, 2.24) is 0 Å². The van der Waals surface area contributed by atoms with Gasteiger partial charge in [0.05, 0.1) is 0 Å². The molecule has 0 fully saturated rings. The minimum atomic E-state index is 0.271. The Morgan fingerprint density at radius 1 is 1.32 bits per heavy atom. The highest BCUT2D eigenvalue weighted by molar-refractivity contribution is 5.95. The summed E-state index contributed by atoms with van der Waals surface area (Å²) in [5, 5.41) is 0. The van der Waals surface area contributed by atoms with E-state index in [4.69, 9.17) is 5.73 Å². The van der Waals surface area contributed by atoms with Crippen LogP contribution < -0.4 is 10.6 Å². The first kappa shape index (κ1) is 14.1. The lowest BCUT2D eigenvalue weighted by molar-refractivity contribution is -0.118. The Morgan fingerprint density at radius 2 is 2.16 bits per heavy atom. The number of unbranched alkanes of at least 4 members (excludes halogenated alkanes) is 2. The SMILES string of the molecule is Cc1cccc2c1N(C(=O)CCCCCN)CCC2. The Balaban J connectivity index is 2.04. The van der Waals surface area contributed by atoms with Crippen molar-refractivity contribution in [2.45, 2.75) is 45.4 Å². The number of para-hydroxylation sites is 1. The van der Waals surface area contributed by atoms with Crippen LogP contribution in [0.4, 0.5) is 5.69 Å². The average Bonchev–Trinajstić information content (AvgIpc) is 2.43. The first-order valence-corrected chi connectivity index (χ1v) is 7.33. The van der Waals surface area contributed by atoms with Crippen molar-refractivity contribution < 1.29 is 4.79 Å². The highest BCUT2D eigenvalue weighted by Crippen LogP contribution is 2.31. The van der Waals surface area contributed by atoms with Crippen LogP contribution in [-0.4, -0.2) is 19.0 Å². The molecule has 3 heteroatoms. The molecule has 19 heavy (non-hydrogen) atoms. The zero-order valence-corrected chi connectivity index (χ0v) is 11.8. The fourth-order valence-corrected chi connectivity index (χ4v) is 2.83. The number of nitrogens with zero attached hydrogens (tertiary/aromatic N) is 1. The first-order valence-electron chi connectivity index (χ1n) is 7.33. The van der Waals surface area contributed by atoms with Gasteiger partial charge in [-0.15, -0.1) is 0 Å². The molecule has 0 atom stereocenters. The van der Waals surface area contributed by atoms with Crippen molar-refractivity contribution in [2.24, 2.45) is 5.73 Å². The minimum Gasteiger partial charge on any atom is -0.330 e. The van der Waals surface area contributed by atoms with Crippen molar-refractivity contribution in [3.63, 3.8) is 0 Å². The van der Waals surface area contributed by atoms with Gasteiger partial charge in [0.15, 0.2) is 0 Å². The van der Waals surface area contributed by atoms with Crippen LogP contribution in [0.3, 0.4) is 0 Å². The second kappa shape index (κ2) is 6.71. The molecule has 0 aliphatic carbocycles. The third-order valence-corrected chi connectivity index (χ3v) is 3.81. The molecule has 1 heterocycles. The molecule has 0 bridgehead atoms. The molecule has 1 aliphatic rings. The maximum atomic E-state index is 12.4. The fourth-order valence-electron chi connectivity index (χ4n) is 2.83. The van der Waals surface area contributed by atoms with Gasteiger partial charge in [-0.2, -0.15) is 0 Å². The zero-order valence-electron chi connectivity index (χ0n) is 11.8. The van der Waals surface area contributed by atoms with Crippen molar-refractivity contribution in [3.05, 3.63) is 29.3 Å². The van der Waals surface area contributed by atoms with Gasteiger partial charge in [-0.25, -0.2) is 0 Å². The Morgan fingerprint density at radius 3 is 2.95 bits per heavy atom. The van der Waals surface area contributed by atoms with Crippen LogP contribution in [-0.2, 0) is 11.2 Å². The van der Waals surface area contributed by atoms with Crippen LogP contribution in [0.1, 0.15) is 43.2 Å². The number of aryl methyl sites for hydroxylation is 2. The Labute approximate surface area is 115 Å². The predicted molar refractivity (Wildman–Crippen MR) is 79.4 cm³/mol. The molecule has 104 valence electrons. The minimum absolute atomic E-state index is 0.271. The molecule has 1 amide bonds. The first-order chi connectivity index (χ1) is 9.24. The standard InChI is InChI=1S/C16H24N2O/c1-13-7-5-8-14-9-6-12-18(16(13)14)15(19)10-3-2-4-11-17/h5,7-8H,2-4,6,9-12,17H2,1H3. The lowest BCUT2D eigenvalue weighted by Crippen LogP contribution is -2.35. The van der Waals surface area contributed by atoms with Gasteiger partial charge in [0.2, 0.25) is 5.91 Å². The maximum Gasteiger partial charge on any atom is 0.226 e. The van der Waals surface area contributed by atoms with E-state index >= 15 is 0 Å². The monoisotopic (exact) mass is 260 g/mol. The van der Waals surface area contributed by atoms with Crippen LogP contribution in [0.2, 0.25) is 0 Å². The number of nitrogens with two attached hydrogens (primary N) is 1. The quantitative estimate of drug-likeness (QED) is 0.827. The van der Waals surface area contributed by atoms with Gasteiger partial charge >= 0.3 is 0 Å². The fraction of sp³-hybridized carbons (Fsp3) is 0.562. The highest BCUT2D eigenvalue weighted by Gasteiger charge is 2.23. The third kappa shape index (κ3) is 3.35. The summed E-state index contributed by atoms with van der Waals surface area (Å²) in [5.41, 5.74) is 9.18. The van der Waals surface area contributed by atoms with E-state index in [9.17, 15) is 4.79 Å². The number of carbonyl (C=O) groups excluding carboxylic acids is 1. The van der Waals surface area contributed by atoms with Crippen LogP contribution in [0.25, 0.3) is 0 Å². The lowest BCUT2D eigenvalue weighted by atomic mass is 9.97. The number of rotatable bonds is 5. The van der Waals surface area contributed by atoms with Crippen molar-refractivity contribution in [1.29, 1.82) is 0 Å². The van der Waals surface area contributed by atoms with Crippen molar-refractivity contribution >= 4 is 11.6 Å². The van der Waals surface area contributed by atoms with Gasteiger partial charge in [0.25, 0.3) is 0 Å². The molecule has 2 rings (SSSR count). The highest BCUT2D eigenvalue weighted by atomic mass is 16.2. The molecular weight excluding hydrogens is 236 g/mol. The second-order valence-electron chi connectivity index (χ2n) is 5.33. The van der Waals surface area contributed by atoms with Gasteiger partial charge in [-0.3, -0.25) is 4.79 Å². The largest absolute Gasteiger partial charge is 0.330 e. The predicted octanol–water partition coefficient (Wildman–Crippen LogP) is 2.79.